The number of allylic oxidation sites excluding steroid dienone is 4. The zero-order chi connectivity index (χ0) is 11.5. The maximum Gasteiger partial charge on any atom is -0.00763 e. The van der Waals surface area contributed by atoms with Gasteiger partial charge in [-0.05, 0) is 46.3 Å². The summed E-state index contributed by atoms with van der Waals surface area (Å²) in [5.41, 5.74) is 0. The Balaban J connectivity index is 3.76. The lowest BCUT2D eigenvalue weighted by Gasteiger charge is -2.05. The van der Waals surface area contributed by atoms with E-state index in [-0.39, 0.29) is 0 Å². The van der Waals surface area contributed by atoms with Gasteiger partial charge in [0.05, 0.1) is 0 Å². The highest BCUT2D eigenvalue weighted by Gasteiger charge is 2.00. The molecule has 0 heterocycles. The van der Waals surface area contributed by atoms with Crippen molar-refractivity contribution < 1.29 is 0 Å². The average Bonchev–Trinajstić information content (AvgIpc) is 2.26. The second-order valence-electron chi connectivity index (χ2n) is 3.24. The van der Waals surface area contributed by atoms with Crippen molar-refractivity contribution in [3.05, 3.63) is 22.0 Å². The van der Waals surface area contributed by atoms with Crippen LogP contribution in [0.25, 0.3) is 0 Å². The van der Waals surface area contributed by atoms with Crippen LogP contribution in [0, 0.1) is 0 Å². The first-order valence-electron chi connectivity index (χ1n) is 5.59. The highest BCUT2D eigenvalue weighted by atomic mass is 33.5. The van der Waals surface area contributed by atoms with Gasteiger partial charge in [-0.25, -0.2) is 0 Å². The molecule has 0 atom stereocenters. The van der Waals surface area contributed by atoms with E-state index in [0.29, 0.717) is 0 Å². The van der Waals surface area contributed by atoms with Crippen molar-refractivity contribution in [1.29, 1.82) is 0 Å². The SMILES string of the molecule is C/C=C(/CCC)SSS/C(=C\C)CCC. The Morgan fingerprint density at radius 2 is 1.27 bits per heavy atom. The maximum absolute atomic E-state index is 2.23. The Hall–Kier alpha value is 0.530. The van der Waals surface area contributed by atoms with E-state index in [2.05, 4.69) is 39.8 Å². The topological polar surface area (TPSA) is 0 Å². The fourth-order valence-corrected chi connectivity index (χ4v) is 5.62. The van der Waals surface area contributed by atoms with Gasteiger partial charge in [0.1, 0.15) is 0 Å². The molecule has 0 fully saturated rings. The van der Waals surface area contributed by atoms with Crippen LogP contribution in [0.1, 0.15) is 53.4 Å². The largest absolute Gasteiger partial charge is 0.0772 e. The summed E-state index contributed by atoms with van der Waals surface area (Å²) < 4.78 is 0. The maximum atomic E-state index is 2.23. The number of rotatable bonds is 8. The summed E-state index contributed by atoms with van der Waals surface area (Å²) in [4.78, 5) is 3.00. The van der Waals surface area contributed by atoms with Crippen LogP contribution < -0.4 is 0 Å². The molecule has 0 bridgehead atoms. The van der Waals surface area contributed by atoms with Crippen molar-refractivity contribution in [3.63, 3.8) is 0 Å². The molecule has 0 aromatic carbocycles. The van der Waals surface area contributed by atoms with Gasteiger partial charge >= 0.3 is 0 Å². The highest BCUT2D eigenvalue weighted by molar-refractivity contribution is 9.10. The van der Waals surface area contributed by atoms with E-state index in [0.717, 1.165) is 0 Å². The Morgan fingerprint density at radius 3 is 1.53 bits per heavy atom. The molecule has 0 aliphatic carbocycles. The van der Waals surface area contributed by atoms with E-state index in [1.165, 1.54) is 35.5 Å². The minimum atomic E-state index is 1.22. The molecule has 0 saturated heterocycles. The first-order chi connectivity index (χ1) is 7.28. The van der Waals surface area contributed by atoms with Gasteiger partial charge in [0.15, 0.2) is 0 Å². The summed E-state index contributed by atoms with van der Waals surface area (Å²) >= 11 is 0. The van der Waals surface area contributed by atoms with Gasteiger partial charge in [-0.2, -0.15) is 0 Å². The van der Waals surface area contributed by atoms with Gasteiger partial charge in [-0.3, -0.25) is 0 Å². The predicted molar refractivity (Wildman–Crippen MR) is 80.1 cm³/mol. The Bertz CT molecular complexity index is 185. The molecule has 0 aromatic rings. The molecule has 0 saturated carbocycles. The predicted octanol–water partition coefficient (Wildman–Crippen LogP) is 6.42. The van der Waals surface area contributed by atoms with Crippen LogP contribution in [-0.4, -0.2) is 0 Å². The van der Waals surface area contributed by atoms with E-state index < -0.39 is 0 Å². The first-order valence-corrected chi connectivity index (χ1v) is 9.08. The summed E-state index contributed by atoms with van der Waals surface area (Å²) in [5, 5.41) is 0. The van der Waals surface area contributed by atoms with Gasteiger partial charge in [0.25, 0.3) is 0 Å². The molecule has 0 aliphatic rings. The smallest absolute Gasteiger partial charge is 0.00763 e. The van der Waals surface area contributed by atoms with Gasteiger partial charge in [0, 0.05) is 0 Å². The molecular weight excluding hydrogens is 240 g/mol. The molecule has 3 heteroatoms. The fraction of sp³-hybridized carbons (Fsp3) is 0.667. The molecular formula is C12H22S3. The third kappa shape index (κ3) is 8.35. The molecule has 0 N–H and O–H groups in total. The van der Waals surface area contributed by atoms with E-state index in [4.69, 9.17) is 0 Å². The lowest BCUT2D eigenvalue weighted by atomic mass is 10.3. The van der Waals surface area contributed by atoms with Crippen molar-refractivity contribution in [2.45, 2.75) is 53.4 Å². The van der Waals surface area contributed by atoms with Gasteiger partial charge < -0.3 is 0 Å². The van der Waals surface area contributed by atoms with Crippen LogP contribution in [0.5, 0.6) is 0 Å². The molecule has 0 radical (unpaired) electrons. The highest BCUT2D eigenvalue weighted by Crippen LogP contribution is 2.45. The second-order valence-corrected chi connectivity index (χ2v) is 7.40. The van der Waals surface area contributed by atoms with Gasteiger partial charge in [0.2, 0.25) is 0 Å². The number of hydrogen-bond acceptors (Lipinski definition) is 3. The molecule has 0 spiro atoms. The summed E-state index contributed by atoms with van der Waals surface area (Å²) in [6.07, 6.45) is 9.38. The summed E-state index contributed by atoms with van der Waals surface area (Å²) in [5.74, 6) is 0. The van der Waals surface area contributed by atoms with E-state index >= 15 is 0 Å². The number of hydrogen-bond donors (Lipinski definition) is 0. The van der Waals surface area contributed by atoms with Crippen LogP contribution in [0.2, 0.25) is 0 Å². The normalized spacial score (nSPS) is 13.3. The van der Waals surface area contributed by atoms with Crippen LogP contribution in [0.15, 0.2) is 22.0 Å². The van der Waals surface area contributed by atoms with Crippen LogP contribution in [0.3, 0.4) is 0 Å². The minimum Gasteiger partial charge on any atom is -0.0772 e. The minimum absolute atomic E-state index is 1.22. The summed E-state index contributed by atoms with van der Waals surface area (Å²) in [7, 11) is 5.73. The van der Waals surface area contributed by atoms with Crippen LogP contribution in [-0.2, 0) is 0 Å². The van der Waals surface area contributed by atoms with Crippen molar-refractivity contribution in [2.24, 2.45) is 0 Å². The molecule has 0 aromatic heterocycles. The standard InChI is InChI=1S/C12H22S3/c1-5-9-11(7-3)13-15-14-12(8-4)10-6-2/h7-8H,5-6,9-10H2,1-4H3/b11-7-,12-8-. The zero-order valence-corrected chi connectivity index (χ0v) is 12.7. The lowest BCUT2D eigenvalue weighted by Crippen LogP contribution is -1.74. The molecule has 0 amide bonds. The molecule has 15 heavy (non-hydrogen) atoms. The Labute approximate surface area is 107 Å². The quantitative estimate of drug-likeness (QED) is 0.463. The second kappa shape index (κ2) is 11.0. The van der Waals surface area contributed by atoms with E-state index in [1.807, 2.05) is 31.4 Å². The third-order valence-corrected chi connectivity index (χ3v) is 6.28. The molecule has 0 aliphatic heterocycles. The van der Waals surface area contributed by atoms with Crippen LogP contribution >= 0.6 is 31.4 Å². The van der Waals surface area contributed by atoms with Crippen molar-refractivity contribution in [3.8, 4) is 0 Å². The van der Waals surface area contributed by atoms with Crippen molar-refractivity contribution in [1.82, 2.24) is 0 Å². The van der Waals surface area contributed by atoms with Crippen molar-refractivity contribution in [2.75, 3.05) is 0 Å². The Morgan fingerprint density at radius 1 is 0.867 bits per heavy atom. The lowest BCUT2D eigenvalue weighted by molar-refractivity contribution is 0.946. The molecule has 0 rings (SSSR count). The summed E-state index contributed by atoms with van der Waals surface area (Å²) in [6, 6.07) is 0. The first kappa shape index (κ1) is 15.5. The van der Waals surface area contributed by atoms with E-state index in [1.54, 1.807) is 0 Å². The molecule has 0 nitrogen and oxygen atoms in total. The summed E-state index contributed by atoms with van der Waals surface area (Å²) in [6.45, 7) is 8.73. The monoisotopic (exact) mass is 262 g/mol. The fourth-order valence-electron chi connectivity index (χ4n) is 1.07. The zero-order valence-electron chi connectivity index (χ0n) is 10.2. The third-order valence-electron chi connectivity index (χ3n) is 1.92. The molecule has 88 valence electrons. The van der Waals surface area contributed by atoms with E-state index in [9.17, 15) is 0 Å². The van der Waals surface area contributed by atoms with Crippen molar-refractivity contribution >= 4 is 31.4 Å². The molecule has 0 unspecified atom stereocenters. The van der Waals surface area contributed by atoms with Crippen LogP contribution in [0.4, 0.5) is 0 Å². The average molecular weight is 263 g/mol. The van der Waals surface area contributed by atoms with Gasteiger partial charge in [-0.15, -0.1) is 0 Å². The Kier molecular flexibility index (Phi) is 11.4. The van der Waals surface area contributed by atoms with Gasteiger partial charge in [-0.1, -0.05) is 60.4 Å².